The maximum atomic E-state index is 6.27. The number of hydrogen-bond donors (Lipinski definition) is 1. The lowest BCUT2D eigenvalue weighted by Gasteiger charge is -2.36. The Morgan fingerprint density at radius 2 is 2.28 bits per heavy atom. The van der Waals surface area contributed by atoms with Gasteiger partial charge in [-0.2, -0.15) is 0 Å². The molecular weight excluding hydrogens is 248 g/mol. The molecule has 2 heterocycles. The van der Waals surface area contributed by atoms with E-state index in [9.17, 15) is 0 Å². The maximum Gasteiger partial charge on any atom is 0.141 e. The van der Waals surface area contributed by atoms with Gasteiger partial charge >= 0.3 is 0 Å². The van der Waals surface area contributed by atoms with Crippen LogP contribution >= 0.6 is 11.6 Å². The quantitative estimate of drug-likeness (QED) is 0.891. The minimum atomic E-state index is -0.0346. The van der Waals surface area contributed by atoms with Crippen molar-refractivity contribution in [1.29, 1.82) is 0 Å². The van der Waals surface area contributed by atoms with Gasteiger partial charge < -0.3 is 10.5 Å². The van der Waals surface area contributed by atoms with Crippen LogP contribution in [0.5, 0.6) is 5.75 Å². The molecule has 1 fully saturated rings. The molecule has 2 N–H and O–H groups in total. The lowest BCUT2D eigenvalue weighted by atomic mass is 9.90. The Hall–Kier alpha value is -0.770. The third kappa shape index (κ3) is 2.11. The van der Waals surface area contributed by atoms with E-state index >= 15 is 0 Å². The second-order valence-electron chi connectivity index (χ2n) is 5.33. The van der Waals surface area contributed by atoms with Crippen LogP contribution in [-0.4, -0.2) is 36.7 Å². The van der Waals surface area contributed by atoms with E-state index in [0.29, 0.717) is 6.54 Å². The van der Waals surface area contributed by atoms with Crippen molar-refractivity contribution < 1.29 is 4.74 Å². The summed E-state index contributed by atoms with van der Waals surface area (Å²) in [7, 11) is 0. The zero-order valence-electron chi connectivity index (χ0n) is 10.5. The van der Waals surface area contributed by atoms with Crippen LogP contribution in [0.2, 0.25) is 5.02 Å². The number of nitrogens with two attached hydrogens (primary N) is 1. The van der Waals surface area contributed by atoms with Crippen LogP contribution in [-0.2, 0) is 6.42 Å². The van der Waals surface area contributed by atoms with E-state index in [4.69, 9.17) is 22.1 Å². The average molecular weight is 267 g/mol. The molecule has 0 amide bonds. The SMILES string of the molecule is NCCN1CCC2(CCc3cccc(Cl)c3O2)C1. The predicted molar refractivity (Wildman–Crippen MR) is 73.2 cm³/mol. The normalized spacial score (nSPS) is 27.2. The van der Waals surface area contributed by atoms with Crippen molar-refractivity contribution in [2.75, 3.05) is 26.2 Å². The highest BCUT2D eigenvalue weighted by Crippen LogP contribution is 2.42. The summed E-state index contributed by atoms with van der Waals surface area (Å²) >= 11 is 6.24. The first-order chi connectivity index (χ1) is 8.72. The molecule has 1 aromatic rings. The monoisotopic (exact) mass is 266 g/mol. The Morgan fingerprint density at radius 1 is 1.39 bits per heavy atom. The Bertz CT molecular complexity index is 451. The average Bonchev–Trinajstić information content (AvgIpc) is 2.74. The fourth-order valence-electron chi connectivity index (χ4n) is 3.08. The largest absolute Gasteiger partial charge is 0.484 e. The summed E-state index contributed by atoms with van der Waals surface area (Å²) in [6.45, 7) is 3.74. The van der Waals surface area contributed by atoms with Gasteiger partial charge in [-0.15, -0.1) is 0 Å². The van der Waals surface area contributed by atoms with Crippen LogP contribution in [0.15, 0.2) is 18.2 Å². The standard InChI is InChI=1S/C14H19ClN2O/c15-12-3-1-2-11-4-5-14(18-13(11)12)6-8-17(10-14)9-7-16/h1-3H,4-10,16H2. The molecular formula is C14H19ClN2O. The van der Waals surface area contributed by atoms with Gasteiger partial charge in [-0.05, 0) is 24.5 Å². The van der Waals surface area contributed by atoms with Gasteiger partial charge in [-0.3, -0.25) is 4.90 Å². The van der Waals surface area contributed by atoms with E-state index in [1.165, 1.54) is 5.56 Å². The number of para-hydroxylation sites is 1. The smallest absolute Gasteiger partial charge is 0.141 e. The molecule has 3 nitrogen and oxygen atoms in total. The zero-order chi connectivity index (χ0) is 12.6. The van der Waals surface area contributed by atoms with E-state index in [1.807, 2.05) is 12.1 Å². The third-order valence-electron chi connectivity index (χ3n) is 4.06. The lowest BCUT2D eigenvalue weighted by Crippen LogP contribution is -2.43. The van der Waals surface area contributed by atoms with Crippen LogP contribution in [0.25, 0.3) is 0 Å². The fourth-order valence-corrected chi connectivity index (χ4v) is 3.32. The molecule has 1 saturated heterocycles. The van der Waals surface area contributed by atoms with Gasteiger partial charge in [0.05, 0.1) is 5.02 Å². The first kappa shape index (κ1) is 12.3. The van der Waals surface area contributed by atoms with Crippen LogP contribution in [0.1, 0.15) is 18.4 Å². The molecule has 0 radical (unpaired) electrons. The van der Waals surface area contributed by atoms with Crippen molar-refractivity contribution in [2.45, 2.75) is 24.9 Å². The van der Waals surface area contributed by atoms with E-state index < -0.39 is 0 Å². The number of nitrogens with zero attached hydrogens (tertiary/aromatic N) is 1. The minimum Gasteiger partial charge on any atom is -0.484 e. The Balaban J connectivity index is 1.80. The molecule has 18 heavy (non-hydrogen) atoms. The zero-order valence-corrected chi connectivity index (χ0v) is 11.2. The van der Waals surface area contributed by atoms with Gasteiger partial charge in [0, 0.05) is 32.6 Å². The molecule has 0 bridgehead atoms. The molecule has 1 atom stereocenters. The van der Waals surface area contributed by atoms with Gasteiger partial charge in [-0.1, -0.05) is 23.7 Å². The van der Waals surface area contributed by atoms with Crippen molar-refractivity contribution in [3.8, 4) is 5.75 Å². The number of hydrogen-bond acceptors (Lipinski definition) is 3. The van der Waals surface area contributed by atoms with E-state index in [-0.39, 0.29) is 5.60 Å². The second-order valence-corrected chi connectivity index (χ2v) is 5.74. The van der Waals surface area contributed by atoms with Crippen LogP contribution < -0.4 is 10.5 Å². The Kier molecular flexibility index (Phi) is 3.22. The number of benzene rings is 1. The topological polar surface area (TPSA) is 38.5 Å². The number of halogens is 1. The molecule has 3 rings (SSSR count). The molecule has 0 saturated carbocycles. The highest BCUT2D eigenvalue weighted by molar-refractivity contribution is 6.32. The molecule has 0 aromatic heterocycles. The predicted octanol–water partition coefficient (Wildman–Crippen LogP) is 2.07. The number of ether oxygens (including phenoxy) is 1. The summed E-state index contributed by atoms with van der Waals surface area (Å²) in [6, 6.07) is 6.02. The van der Waals surface area contributed by atoms with E-state index in [0.717, 1.165) is 49.7 Å². The second kappa shape index (κ2) is 4.72. The lowest BCUT2D eigenvalue weighted by molar-refractivity contribution is 0.0550. The summed E-state index contributed by atoms with van der Waals surface area (Å²) in [5, 5.41) is 0.740. The molecule has 2 aliphatic rings. The van der Waals surface area contributed by atoms with Crippen LogP contribution in [0.4, 0.5) is 0 Å². The Labute approximate surface area is 113 Å². The van der Waals surface area contributed by atoms with Gasteiger partial charge in [0.25, 0.3) is 0 Å². The molecule has 98 valence electrons. The van der Waals surface area contributed by atoms with Gasteiger partial charge in [-0.25, -0.2) is 0 Å². The summed E-state index contributed by atoms with van der Waals surface area (Å²) in [5.74, 6) is 0.903. The van der Waals surface area contributed by atoms with Gasteiger partial charge in [0.15, 0.2) is 0 Å². The van der Waals surface area contributed by atoms with Crippen molar-refractivity contribution in [3.63, 3.8) is 0 Å². The van der Waals surface area contributed by atoms with Crippen LogP contribution in [0, 0.1) is 0 Å². The highest BCUT2D eigenvalue weighted by Gasteiger charge is 2.42. The first-order valence-corrected chi connectivity index (χ1v) is 6.99. The van der Waals surface area contributed by atoms with Crippen molar-refractivity contribution in [3.05, 3.63) is 28.8 Å². The molecule has 4 heteroatoms. The van der Waals surface area contributed by atoms with Gasteiger partial charge in [0.1, 0.15) is 11.4 Å². The summed E-state index contributed by atoms with van der Waals surface area (Å²) in [6.07, 6.45) is 3.23. The van der Waals surface area contributed by atoms with Crippen molar-refractivity contribution in [1.82, 2.24) is 4.90 Å². The van der Waals surface area contributed by atoms with E-state index in [1.54, 1.807) is 0 Å². The maximum absolute atomic E-state index is 6.27. The summed E-state index contributed by atoms with van der Waals surface area (Å²) < 4.78 is 6.27. The van der Waals surface area contributed by atoms with E-state index in [2.05, 4.69) is 11.0 Å². The molecule has 2 aliphatic heterocycles. The number of fused-ring (bicyclic) bond motifs is 1. The molecule has 0 aliphatic carbocycles. The van der Waals surface area contributed by atoms with Crippen molar-refractivity contribution in [2.24, 2.45) is 5.73 Å². The highest BCUT2D eigenvalue weighted by atomic mass is 35.5. The molecule has 1 unspecified atom stereocenters. The summed E-state index contributed by atoms with van der Waals surface area (Å²) in [4.78, 5) is 2.39. The number of rotatable bonds is 2. The fraction of sp³-hybridized carbons (Fsp3) is 0.571. The third-order valence-corrected chi connectivity index (χ3v) is 4.36. The van der Waals surface area contributed by atoms with Gasteiger partial charge in [0.2, 0.25) is 0 Å². The first-order valence-electron chi connectivity index (χ1n) is 6.61. The van der Waals surface area contributed by atoms with Crippen molar-refractivity contribution >= 4 is 11.6 Å². The van der Waals surface area contributed by atoms with Crippen LogP contribution in [0.3, 0.4) is 0 Å². The minimum absolute atomic E-state index is 0.0346. The number of aryl methyl sites for hydroxylation is 1. The Morgan fingerprint density at radius 3 is 3.11 bits per heavy atom. The molecule has 1 aromatic carbocycles. The number of likely N-dealkylation sites (tertiary alicyclic amines) is 1. The molecule has 1 spiro atoms. The summed E-state index contributed by atoms with van der Waals surface area (Å²) in [5.41, 5.74) is 6.83.